The molecular formula is C19H20FN3O3. The molecule has 1 heterocycles. The van der Waals surface area contributed by atoms with E-state index < -0.39 is 0 Å². The molecule has 1 fully saturated rings. The van der Waals surface area contributed by atoms with Crippen molar-refractivity contribution in [3.63, 3.8) is 0 Å². The molecule has 0 aliphatic carbocycles. The van der Waals surface area contributed by atoms with Gasteiger partial charge < -0.3 is 10.2 Å². The van der Waals surface area contributed by atoms with E-state index in [1.165, 1.54) is 12.1 Å². The molecule has 2 aromatic carbocycles. The van der Waals surface area contributed by atoms with E-state index in [1.54, 1.807) is 36.4 Å². The summed E-state index contributed by atoms with van der Waals surface area (Å²) in [4.78, 5) is 25.1. The molecule has 3 rings (SSSR count). The van der Waals surface area contributed by atoms with Gasteiger partial charge in [0.25, 0.3) is 5.69 Å². The molecule has 7 heteroatoms. The highest BCUT2D eigenvalue weighted by Crippen LogP contribution is 2.31. The number of carbonyl (C=O) groups is 1. The van der Waals surface area contributed by atoms with Gasteiger partial charge in [-0.1, -0.05) is 30.3 Å². The second-order valence-electron chi connectivity index (χ2n) is 6.32. The first-order chi connectivity index (χ1) is 12.6. The molecular weight excluding hydrogens is 337 g/mol. The summed E-state index contributed by atoms with van der Waals surface area (Å²) < 4.78 is 13.6. The molecule has 0 saturated carbocycles. The van der Waals surface area contributed by atoms with E-state index in [-0.39, 0.29) is 34.8 Å². The Balaban J connectivity index is 1.56. The zero-order valence-corrected chi connectivity index (χ0v) is 14.2. The number of halogens is 1. The second-order valence-corrected chi connectivity index (χ2v) is 6.32. The van der Waals surface area contributed by atoms with Crippen LogP contribution in [-0.2, 0) is 11.3 Å². The Morgan fingerprint density at radius 3 is 2.50 bits per heavy atom. The number of anilines is 1. The molecule has 0 bridgehead atoms. The quantitative estimate of drug-likeness (QED) is 0.658. The van der Waals surface area contributed by atoms with Crippen LogP contribution in [0.4, 0.5) is 15.8 Å². The summed E-state index contributed by atoms with van der Waals surface area (Å²) in [6.45, 7) is 1.31. The number of nitro benzene ring substituents is 1. The SMILES string of the molecule is O=C(NCc1ccccc1F)C1CCN(c2ccccc2[N+](=O)[O-])CC1. The highest BCUT2D eigenvalue weighted by Gasteiger charge is 2.28. The number of rotatable bonds is 5. The highest BCUT2D eigenvalue weighted by molar-refractivity contribution is 5.79. The van der Waals surface area contributed by atoms with Gasteiger partial charge in [0, 0.05) is 37.2 Å². The van der Waals surface area contributed by atoms with Crippen molar-refractivity contribution in [1.82, 2.24) is 5.32 Å². The normalized spacial score (nSPS) is 14.9. The molecule has 1 aliphatic rings. The monoisotopic (exact) mass is 357 g/mol. The number of piperidine rings is 1. The Morgan fingerprint density at radius 1 is 1.15 bits per heavy atom. The Bertz CT molecular complexity index is 804. The smallest absolute Gasteiger partial charge is 0.292 e. The van der Waals surface area contributed by atoms with Crippen LogP contribution in [0, 0.1) is 21.8 Å². The van der Waals surface area contributed by atoms with E-state index in [0.717, 1.165) is 0 Å². The van der Waals surface area contributed by atoms with Crippen LogP contribution in [0.1, 0.15) is 18.4 Å². The van der Waals surface area contributed by atoms with Crippen molar-refractivity contribution < 1.29 is 14.1 Å². The van der Waals surface area contributed by atoms with Crippen molar-refractivity contribution in [3.05, 3.63) is 70.0 Å². The van der Waals surface area contributed by atoms with Gasteiger partial charge in [-0.3, -0.25) is 14.9 Å². The fraction of sp³-hybridized carbons (Fsp3) is 0.316. The van der Waals surface area contributed by atoms with Crippen molar-refractivity contribution >= 4 is 17.3 Å². The third kappa shape index (κ3) is 3.99. The predicted molar refractivity (Wildman–Crippen MR) is 96.3 cm³/mol. The zero-order valence-electron chi connectivity index (χ0n) is 14.2. The van der Waals surface area contributed by atoms with Gasteiger partial charge in [0.15, 0.2) is 0 Å². The first kappa shape index (κ1) is 17.8. The number of hydrogen-bond donors (Lipinski definition) is 1. The average molecular weight is 357 g/mol. The van der Waals surface area contributed by atoms with Crippen molar-refractivity contribution in [1.29, 1.82) is 0 Å². The maximum Gasteiger partial charge on any atom is 0.292 e. The Hall–Kier alpha value is -2.96. The summed E-state index contributed by atoms with van der Waals surface area (Å²) in [6, 6.07) is 13.0. The Morgan fingerprint density at radius 2 is 1.81 bits per heavy atom. The van der Waals surface area contributed by atoms with Gasteiger partial charge >= 0.3 is 0 Å². The van der Waals surface area contributed by atoms with Crippen LogP contribution in [0.2, 0.25) is 0 Å². The minimum absolute atomic E-state index is 0.0787. The largest absolute Gasteiger partial charge is 0.366 e. The lowest BCUT2D eigenvalue weighted by atomic mass is 9.95. The summed E-state index contributed by atoms with van der Waals surface area (Å²) in [5, 5.41) is 14.0. The van der Waals surface area contributed by atoms with Crippen molar-refractivity contribution in [2.45, 2.75) is 19.4 Å². The molecule has 136 valence electrons. The number of para-hydroxylation sites is 2. The molecule has 0 radical (unpaired) electrons. The third-order valence-electron chi connectivity index (χ3n) is 4.70. The van der Waals surface area contributed by atoms with Crippen LogP contribution in [0.5, 0.6) is 0 Å². The van der Waals surface area contributed by atoms with Gasteiger partial charge in [-0.05, 0) is 25.0 Å². The van der Waals surface area contributed by atoms with Crippen molar-refractivity contribution in [2.24, 2.45) is 5.92 Å². The lowest BCUT2D eigenvalue weighted by Gasteiger charge is -2.32. The van der Waals surface area contributed by atoms with Gasteiger partial charge in [-0.2, -0.15) is 0 Å². The highest BCUT2D eigenvalue weighted by atomic mass is 19.1. The maximum absolute atomic E-state index is 13.6. The molecule has 1 N–H and O–H groups in total. The van der Waals surface area contributed by atoms with Crippen molar-refractivity contribution in [3.8, 4) is 0 Å². The lowest BCUT2D eigenvalue weighted by Crippen LogP contribution is -2.40. The predicted octanol–water partition coefficient (Wildman–Crippen LogP) is 3.27. The molecule has 1 aliphatic heterocycles. The van der Waals surface area contributed by atoms with E-state index >= 15 is 0 Å². The summed E-state index contributed by atoms with van der Waals surface area (Å²) >= 11 is 0. The number of nitrogens with one attached hydrogen (secondary N) is 1. The van der Waals surface area contributed by atoms with Crippen LogP contribution in [-0.4, -0.2) is 23.9 Å². The molecule has 0 unspecified atom stereocenters. The topological polar surface area (TPSA) is 75.5 Å². The fourth-order valence-corrected chi connectivity index (χ4v) is 3.24. The second kappa shape index (κ2) is 7.95. The van der Waals surface area contributed by atoms with Crippen LogP contribution in [0.15, 0.2) is 48.5 Å². The number of nitrogens with zero attached hydrogens (tertiary/aromatic N) is 2. The fourth-order valence-electron chi connectivity index (χ4n) is 3.24. The van der Waals surface area contributed by atoms with Gasteiger partial charge in [0.1, 0.15) is 11.5 Å². The van der Waals surface area contributed by atoms with E-state index in [4.69, 9.17) is 0 Å². The molecule has 1 saturated heterocycles. The number of benzene rings is 2. The van der Waals surface area contributed by atoms with Crippen molar-refractivity contribution in [2.75, 3.05) is 18.0 Å². The third-order valence-corrected chi connectivity index (χ3v) is 4.70. The number of nitro groups is 1. The minimum Gasteiger partial charge on any atom is -0.366 e. The van der Waals surface area contributed by atoms with Gasteiger partial charge in [-0.25, -0.2) is 4.39 Å². The van der Waals surface area contributed by atoms with E-state index in [2.05, 4.69) is 5.32 Å². The molecule has 1 amide bonds. The molecule has 26 heavy (non-hydrogen) atoms. The van der Waals surface area contributed by atoms with E-state index in [9.17, 15) is 19.3 Å². The maximum atomic E-state index is 13.6. The first-order valence-electron chi connectivity index (χ1n) is 8.55. The summed E-state index contributed by atoms with van der Waals surface area (Å²) in [7, 11) is 0. The number of carbonyl (C=O) groups excluding carboxylic acids is 1. The Labute approximate surface area is 150 Å². The van der Waals surface area contributed by atoms with Crippen LogP contribution < -0.4 is 10.2 Å². The average Bonchev–Trinajstić information content (AvgIpc) is 2.67. The van der Waals surface area contributed by atoms with Gasteiger partial charge in [-0.15, -0.1) is 0 Å². The molecule has 2 aromatic rings. The molecule has 6 nitrogen and oxygen atoms in total. The standard InChI is InChI=1S/C19H20FN3O3/c20-16-6-2-1-5-15(16)13-21-19(24)14-9-11-22(12-10-14)17-7-3-4-8-18(17)23(25)26/h1-8,14H,9-13H2,(H,21,24). The number of hydrogen-bond acceptors (Lipinski definition) is 4. The molecule has 0 atom stereocenters. The van der Waals surface area contributed by atoms with Gasteiger partial charge in [0.2, 0.25) is 5.91 Å². The first-order valence-corrected chi connectivity index (χ1v) is 8.55. The molecule has 0 spiro atoms. The van der Waals surface area contributed by atoms with Crippen LogP contribution in [0.25, 0.3) is 0 Å². The summed E-state index contributed by atoms with van der Waals surface area (Å²) in [5.74, 6) is -0.602. The summed E-state index contributed by atoms with van der Waals surface area (Å²) in [6.07, 6.45) is 1.21. The molecule has 0 aromatic heterocycles. The van der Waals surface area contributed by atoms with E-state index in [0.29, 0.717) is 37.2 Å². The zero-order chi connectivity index (χ0) is 18.5. The van der Waals surface area contributed by atoms with Gasteiger partial charge in [0.05, 0.1) is 4.92 Å². The lowest BCUT2D eigenvalue weighted by molar-refractivity contribution is -0.384. The van der Waals surface area contributed by atoms with Crippen LogP contribution >= 0.6 is 0 Å². The Kier molecular flexibility index (Phi) is 5.46. The van der Waals surface area contributed by atoms with E-state index in [1.807, 2.05) is 4.90 Å². The van der Waals surface area contributed by atoms with Crippen LogP contribution in [0.3, 0.4) is 0 Å². The summed E-state index contributed by atoms with van der Waals surface area (Å²) in [5.41, 5.74) is 1.12. The number of amides is 1. The minimum atomic E-state index is -0.386.